The molecule has 8 nitrogen and oxygen atoms in total. The van der Waals surface area contributed by atoms with Crippen molar-refractivity contribution in [1.29, 1.82) is 0 Å². The van der Waals surface area contributed by atoms with Gasteiger partial charge in [-0.15, -0.1) is 0 Å². The van der Waals surface area contributed by atoms with Crippen LogP contribution in [0, 0.1) is 0 Å². The number of hydrogen-bond donors (Lipinski definition) is 0. The number of hydrogen-bond acceptors (Lipinski definition) is 8. The van der Waals surface area contributed by atoms with Gasteiger partial charge in [-0.2, -0.15) is 0 Å². The van der Waals surface area contributed by atoms with Gasteiger partial charge >= 0.3 is 0 Å². The predicted molar refractivity (Wildman–Crippen MR) is 105 cm³/mol. The van der Waals surface area contributed by atoms with E-state index in [1.807, 2.05) is 25.2 Å². The molecule has 0 aliphatic rings. The lowest BCUT2D eigenvalue weighted by Gasteiger charge is -2.19. The zero-order valence-corrected chi connectivity index (χ0v) is 17.2. The molecule has 8 heteroatoms. The van der Waals surface area contributed by atoms with E-state index in [1.54, 1.807) is 14.2 Å². The van der Waals surface area contributed by atoms with Gasteiger partial charge in [-0.1, -0.05) is 6.07 Å². The Morgan fingerprint density at radius 1 is 0.857 bits per heavy atom. The van der Waals surface area contributed by atoms with E-state index in [2.05, 4.69) is 4.90 Å². The lowest BCUT2D eigenvalue weighted by Crippen LogP contribution is -2.23. The third-order valence-electron chi connectivity index (χ3n) is 3.85. The highest BCUT2D eigenvalue weighted by atomic mass is 16.6. The number of benzene rings is 1. The summed E-state index contributed by atoms with van der Waals surface area (Å²) in [7, 11) is 5.34. The van der Waals surface area contributed by atoms with E-state index in [1.165, 1.54) is 0 Å². The van der Waals surface area contributed by atoms with Crippen LogP contribution in [0.2, 0.25) is 0 Å². The number of methoxy groups -OCH3 is 2. The molecule has 0 unspecified atom stereocenters. The summed E-state index contributed by atoms with van der Waals surface area (Å²) in [5, 5.41) is 0. The van der Waals surface area contributed by atoms with Crippen LogP contribution >= 0.6 is 0 Å². The van der Waals surface area contributed by atoms with Gasteiger partial charge in [0.1, 0.15) is 24.4 Å². The summed E-state index contributed by atoms with van der Waals surface area (Å²) in [6.07, 6.45) is 0.719. The Labute approximate surface area is 167 Å². The standard InChI is InChI=1S/C20H33NO7/c1-21(17-18-4-5-19(23-2)16-20(18)24-3)6-8-25-10-12-27-14-15-28-13-11-26-9-7-22/h4-5,7,16H,6,8-15,17H2,1-3H3. The van der Waals surface area contributed by atoms with E-state index in [-0.39, 0.29) is 6.61 Å². The van der Waals surface area contributed by atoms with Gasteiger partial charge in [0.2, 0.25) is 0 Å². The van der Waals surface area contributed by atoms with E-state index in [4.69, 9.17) is 28.4 Å². The van der Waals surface area contributed by atoms with Crippen LogP contribution in [0.25, 0.3) is 0 Å². The molecule has 0 aliphatic heterocycles. The Balaban J connectivity index is 2.01. The first kappa shape index (κ1) is 24.3. The second kappa shape index (κ2) is 16.3. The minimum Gasteiger partial charge on any atom is -0.497 e. The highest BCUT2D eigenvalue weighted by Gasteiger charge is 2.08. The first-order chi connectivity index (χ1) is 13.7. The van der Waals surface area contributed by atoms with Crippen LogP contribution in [0.15, 0.2) is 18.2 Å². The molecular weight excluding hydrogens is 366 g/mol. The monoisotopic (exact) mass is 399 g/mol. The van der Waals surface area contributed by atoms with Crippen LogP contribution in [-0.4, -0.2) is 91.9 Å². The molecule has 0 radical (unpaired) electrons. The maximum absolute atomic E-state index is 10.0. The molecular formula is C20H33NO7. The summed E-state index contributed by atoms with van der Waals surface area (Å²) in [5.74, 6) is 1.60. The SMILES string of the molecule is COc1ccc(CN(C)CCOCCOCCOCCOCC=O)c(OC)c1. The fraction of sp³-hybridized carbons (Fsp3) is 0.650. The van der Waals surface area contributed by atoms with Crippen LogP contribution in [0.1, 0.15) is 5.56 Å². The number of likely N-dealkylation sites (N-methyl/N-ethyl adjacent to an activating group) is 1. The van der Waals surface area contributed by atoms with E-state index in [0.29, 0.717) is 46.2 Å². The molecule has 0 amide bonds. The Hall–Kier alpha value is -1.71. The molecule has 1 rings (SSSR count). The van der Waals surface area contributed by atoms with Crippen LogP contribution < -0.4 is 9.47 Å². The highest BCUT2D eigenvalue weighted by molar-refractivity contribution is 5.50. The fourth-order valence-electron chi connectivity index (χ4n) is 2.36. The molecule has 0 saturated heterocycles. The second-order valence-electron chi connectivity index (χ2n) is 5.99. The lowest BCUT2D eigenvalue weighted by molar-refractivity contribution is -0.112. The summed E-state index contributed by atoms with van der Waals surface area (Å²) in [6.45, 7) is 5.26. The number of carbonyl (C=O) groups excluding carboxylic acids is 1. The average molecular weight is 399 g/mol. The first-order valence-electron chi connectivity index (χ1n) is 9.35. The second-order valence-corrected chi connectivity index (χ2v) is 5.99. The Morgan fingerprint density at radius 2 is 1.46 bits per heavy atom. The normalized spacial score (nSPS) is 11.0. The molecule has 0 heterocycles. The Kier molecular flexibility index (Phi) is 14.1. The molecule has 0 aliphatic carbocycles. The lowest BCUT2D eigenvalue weighted by atomic mass is 10.2. The molecule has 0 bridgehead atoms. The summed E-state index contributed by atoms with van der Waals surface area (Å²) in [5.41, 5.74) is 1.10. The summed E-state index contributed by atoms with van der Waals surface area (Å²) in [4.78, 5) is 12.2. The van der Waals surface area contributed by atoms with E-state index in [0.717, 1.165) is 36.4 Å². The van der Waals surface area contributed by atoms with Gasteiger partial charge in [0, 0.05) is 24.7 Å². The summed E-state index contributed by atoms with van der Waals surface area (Å²) < 4.78 is 31.9. The molecule has 0 spiro atoms. The number of rotatable bonds is 18. The molecule has 0 aromatic heterocycles. The quantitative estimate of drug-likeness (QED) is 0.271. The molecule has 0 saturated carbocycles. The van der Waals surface area contributed by atoms with Crippen molar-refractivity contribution < 1.29 is 33.2 Å². The topological polar surface area (TPSA) is 75.7 Å². The third-order valence-corrected chi connectivity index (χ3v) is 3.85. The minimum absolute atomic E-state index is 0.111. The highest BCUT2D eigenvalue weighted by Crippen LogP contribution is 2.25. The van der Waals surface area contributed by atoms with E-state index in [9.17, 15) is 4.79 Å². The molecule has 0 N–H and O–H groups in total. The van der Waals surface area contributed by atoms with Crippen molar-refractivity contribution in [3.63, 3.8) is 0 Å². The van der Waals surface area contributed by atoms with Gasteiger partial charge in [-0.3, -0.25) is 4.90 Å². The van der Waals surface area contributed by atoms with Crippen molar-refractivity contribution >= 4 is 6.29 Å². The van der Waals surface area contributed by atoms with Gasteiger partial charge in [0.05, 0.1) is 60.5 Å². The number of ether oxygens (including phenoxy) is 6. The van der Waals surface area contributed by atoms with Crippen molar-refractivity contribution in [2.45, 2.75) is 6.54 Å². The largest absolute Gasteiger partial charge is 0.497 e. The Morgan fingerprint density at radius 3 is 2.04 bits per heavy atom. The maximum atomic E-state index is 10.0. The molecule has 1 aromatic rings. The smallest absolute Gasteiger partial charge is 0.145 e. The van der Waals surface area contributed by atoms with Crippen molar-refractivity contribution in [3.05, 3.63) is 23.8 Å². The first-order valence-corrected chi connectivity index (χ1v) is 9.35. The maximum Gasteiger partial charge on any atom is 0.145 e. The van der Waals surface area contributed by atoms with E-state index < -0.39 is 0 Å². The van der Waals surface area contributed by atoms with Gasteiger partial charge in [-0.25, -0.2) is 0 Å². The average Bonchev–Trinajstić information content (AvgIpc) is 2.71. The molecule has 28 heavy (non-hydrogen) atoms. The number of nitrogens with zero attached hydrogens (tertiary/aromatic N) is 1. The van der Waals surface area contributed by atoms with Crippen molar-refractivity contribution in [3.8, 4) is 11.5 Å². The van der Waals surface area contributed by atoms with Gasteiger partial charge < -0.3 is 33.2 Å². The summed E-state index contributed by atoms with van der Waals surface area (Å²) >= 11 is 0. The van der Waals surface area contributed by atoms with Gasteiger partial charge in [0.25, 0.3) is 0 Å². The predicted octanol–water partition coefficient (Wildman–Crippen LogP) is 1.40. The van der Waals surface area contributed by atoms with Crippen molar-refractivity contribution in [2.75, 3.05) is 80.7 Å². The molecule has 0 fully saturated rings. The van der Waals surface area contributed by atoms with Gasteiger partial charge in [-0.05, 0) is 13.1 Å². The zero-order valence-electron chi connectivity index (χ0n) is 17.2. The minimum atomic E-state index is 0.111. The fourth-order valence-corrected chi connectivity index (χ4v) is 2.36. The van der Waals surface area contributed by atoms with Crippen LogP contribution in [-0.2, 0) is 30.3 Å². The van der Waals surface area contributed by atoms with Crippen molar-refractivity contribution in [1.82, 2.24) is 4.90 Å². The van der Waals surface area contributed by atoms with E-state index >= 15 is 0 Å². The van der Waals surface area contributed by atoms with Crippen LogP contribution in [0.5, 0.6) is 11.5 Å². The third kappa shape index (κ3) is 11.2. The molecule has 160 valence electrons. The number of aldehydes is 1. The van der Waals surface area contributed by atoms with Crippen LogP contribution in [0.3, 0.4) is 0 Å². The molecule has 1 aromatic carbocycles. The zero-order chi connectivity index (χ0) is 20.5. The summed E-state index contributed by atoms with van der Waals surface area (Å²) in [6, 6.07) is 5.83. The Bertz CT molecular complexity index is 527. The van der Waals surface area contributed by atoms with Gasteiger partial charge in [0.15, 0.2) is 0 Å². The van der Waals surface area contributed by atoms with Crippen LogP contribution in [0.4, 0.5) is 0 Å². The number of carbonyl (C=O) groups is 1. The molecule has 0 atom stereocenters. The van der Waals surface area contributed by atoms with Crippen molar-refractivity contribution in [2.24, 2.45) is 0 Å².